The van der Waals surface area contributed by atoms with Gasteiger partial charge in [-0.25, -0.2) is 0 Å². The molecule has 1 aromatic rings. The van der Waals surface area contributed by atoms with Crippen molar-refractivity contribution in [2.75, 3.05) is 31.8 Å². The molecule has 0 spiro atoms. The van der Waals surface area contributed by atoms with E-state index in [1.807, 2.05) is 0 Å². The van der Waals surface area contributed by atoms with E-state index in [1.54, 1.807) is 12.1 Å². The molecule has 118 valence electrons. The van der Waals surface area contributed by atoms with Crippen LogP contribution in [0.3, 0.4) is 0 Å². The fourth-order valence-corrected chi connectivity index (χ4v) is 1.62. The number of nitrogens with two attached hydrogens (primary N) is 1. The molecule has 0 aliphatic heterocycles. The standard InChI is InChI=1S/C13H18F3N3O2/c1-19(21-2)7-3-4-12(20)18-11-6-5-9(8-10(11)17)13(14,15)16/h5-6,8H,3-4,7,17H2,1-2H3,(H,18,20). The van der Waals surface area contributed by atoms with E-state index in [0.717, 1.165) is 18.2 Å². The molecular formula is C13H18F3N3O2. The van der Waals surface area contributed by atoms with Crippen molar-refractivity contribution in [2.24, 2.45) is 0 Å². The zero-order valence-electron chi connectivity index (χ0n) is 11.8. The van der Waals surface area contributed by atoms with Gasteiger partial charge in [0.1, 0.15) is 0 Å². The van der Waals surface area contributed by atoms with E-state index >= 15 is 0 Å². The van der Waals surface area contributed by atoms with Crippen molar-refractivity contribution in [3.63, 3.8) is 0 Å². The number of carbonyl (C=O) groups excluding carboxylic acids is 1. The Balaban J connectivity index is 2.57. The number of benzene rings is 1. The van der Waals surface area contributed by atoms with Crippen LogP contribution >= 0.6 is 0 Å². The van der Waals surface area contributed by atoms with Crippen LogP contribution in [0.4, 0.5) is 24.5 Å². The van der Waals surface area contributed by atoms with Gasteiger partial charge in [-0.2, -0.15) is 18.2 Å². The van der Waals surface area contributed by atoms with Gasteiger partial charge in [-0.3, -0.25) is 4.79 Å². The topological polar surface area (TPSA) is 67.6 Å². The first-order valence-corrected chi connectivity index (χ1v) is 6.26. The first-order valence-electron chi connectivity index (χ1n) is 6.26. The number of hydrogen-bond donors (Lipinski definition) is 2. The van der Waals surface area contributed by atoms with Crippen molar-refractivity contribution in [1.82, 2.24) is 5.06 Å². The lowest BCUT2D eigenvalue weighted by atomic mass is 10.1. The predicted molar refractivity (Wildman–Crippen MR) is 73.4 cm³/mol. The fourth-order valence-electron chi connectivity index (χ4n) is 1.62. The van der Waals surface area contributed by atoms with Crippen LogP contribution < -0.4 is 11.1 Å². The van der Waals surface area contributed by atoms with Crippen LogP contribution in [-0.2, 0) is 15.8 Å². The maximum atomic E-state index is 12.5. The molecule has 1 amide bonds. The van der Waals surface area contributed by atoms with Gasteiger partial charge in [-0.05, 0) is 24.6 Å². The molecule has 0 radical (unpaired) electrons. The van der Waals surface area contributed by atoms with E-state index in [1.165, 1.54) is 7.11 Å². The molecule has 0 bridgehead atoms. The van der Waals surface area contributed by atoms with Crippen LogP contribution in [0.5, 0.6) is 0 Å². The summed E-state index contributed by atoms with van der Waals surface area (Å²) in [5.41, 5.74) is 4.73. The van der Waals surface area contributed by atoms with E-state index in [9.17, 15) is 18.0 Å². The van der Waals surface area contributed by atoms with Crippen LogP contribution in [0.25, 0.3) is 0 Å². The third-order valence-electron chi connectivity index (χ3n) is 2.84. The molecule has 8 heteroatoms. The van der Waals surface area contributed by atoms with E-state index < -0.39 is 11.7 Å². The third-order valence-corrected chi connectivity index (χ3v) is 2.84. The molecule has 0 unspecified atom stereocenters. The number of hydrogen-bond acceptors (Lipinski definition) is 4. The lowest BCUT2D eigenvalue weighted by molar-refractivity contribution is -0.137. The molecule has 1 aromatic carbocycles. The number of carbonyl (C=O) groups is 1. The first kappa shape index (κ1) is 17.3. The molecule has 1 rings (SSSR count). The summed E-state index contributed by atoms with van der Waals surface area (Å²) in [5, 5.41) is 4.06. The Labute approximate surface area is 120 Å². The molecular weight excluding hydrogens is 287 g/mol. The largest absolute Gasteiger partial charge is 0.416 e. The van der Waals surface area contributed by atoms with Gasteiger partial charge in [-0.1, -0.05) is 0 Å². The zero-order valence-corrected chi connectivity index (χ0v) is 11.8. The predicted octanol–water partition coefficient (Wildman–Crippen LogP) is 2.50. The summed E-state index contributed by atoms with van der Waals surface area (Å²) in [5.74, 6) is -0.314. The lowest BCUT2D eigenvalue weighted by Gasteiger charge is -2.14. The Kier molecular flexibility index (Phi) is 5.98. The molecule has 0 atom stereocenters. The summed E-state index contributed by atoms with van der Waals surface area (Å²) in [6.07, 6.45) is -3.69. The second-order valence-corrected chi connectivity index (χ2v) is 4.49. The van der Waals surface area contributed by atoms with Crippen LogP contribution in [0.1, 0.15) is 18.4 Å². The average Bonchev–Trinajstić information content (AvgIpc) is 2.39. The minimum atomic E-state index is -4.46. The Hall–Kier alpha value is -1.80. The van der Waals surface area contributed by atoms with Crippen LogP contribution in [0.2, 0.25) is 0 Å². The zero-order chi connectivity index (χ0) is 16.0. The minimum absolute atomic E-state index is 0.118. The van der Waals surface area contributed by atoms with Gasteiger partial charge >= 0.3 is 6.18 Å². The number of anilines is 2. The Morgan fingerprint density at radius 3 is 2.62 bits per heavy atom. The van der Waals surface area contributed by atoms with Gasteiger partial charge in [-0.15, -0.1) is 0 Å². The molecule has 0 saturated heterocycles. The SMILES string of the molecule is CON(C)CCCC(=O)Nc1ccc(C(F)(F)F)cc1N. The molecule has 0 heterocycles. The monoisotopic (exact) mass is 305 g/mol. The Morgan fingerprint density at radius 2 is 2.10 bits per heavy atom. The molecule has 0 aliphatic carbocycles. The number of halogens is 3. The Bertz CT molecular complexity index is 492. The summed E-state index contributed by atoms with van der Waals surface area (Å²) in [6, 6.07) is 2.83. The highest BCUT2D eigenvalue weighted by Gasteiger charge is 2.30. The number of hydroxylamine groups is 2. The van der Waals surface area contributed by atoms with Gasteiger partial charge in [0.25, 0.3) is 0 Å². The van der Waals surface area contributed by atoms with Crippen molar-refractivity contribution in [1.29, 1.82) is 0 Å². The van der Waals surface area contributed by atoms with E-state index in [0.29, 0.717) is 13.0 Å². The molecule has 0 saturated carbocycles. The summed E-state index contributed by atoms with van der Waals surface area (Å²) in [7, 11) is 3.24. The molecule has 0 fully saturated rings. The molecule has 3 N–H and O–H groups in total. The van der Waals surface area contributed by atoms with Gasteiger partial charge < -0.3 is 15.9 Å². The maximum absolute atomic E-state index is 12.5. The summed E-state index contributed by atoms with van der Waals surface area (Å²) < 4.78 is 37.4. The van der Waals surface area contributed by atoms with E-state index in [4.69, 9.17) is 10.6 Å². The maximum Gasteiger partial charge on any atom is 0.416 e. The van der Waals surface area contributed by atoms with Gasteiger partial charge in [0.05, 0.1) is 24.0 Å². The van der Waals surface area contributed by atoms with Crippen molar-refractivity contribution >= 4 is 17.3 Å². The third kappa shape index (κ3) is 5.60. The highest BCUT2D eigenvalue weighted by molar-refractivity contribution is 5.93. The number of nitrogen functional groups attached to an aromatic ring is 1. The Morgan fingerprint density at radius 1 is 1.43 bits per heavy atom. The highest BCUT2D eigenvalue weighted by atomic mass is 19.4. The van der Waals surface area contributed by atoms with Gasteiger partial charge in [0.2, 0.25) is 5.91 Å². The van der Waals surface area contributed by atoms with Crippen LogP contribution in [-0.4, -0.2) is 31.7 Å². The molecule has 5 nitrogen and oxygen atoms in total. The van der Waals surface area contributed by atoms with Gasteiger partial charge in [0, 0.05) is 20.0 Å². The normalized spacial score (nSPS) is 11.7. The van der Waals surface area contributed by atoms with Crippen molar-refractivity contribution in [3.05, 3.63) is 23.8 Å². The molecule has 0 aliphatic rings. The minimum Gasteiger partial charge on any atom is -0.397 e. The lowest BCUT2D eigenvalue weighted by Crippen LogP contribution is -2.20. The summed E-state index contributed by atoms with van der Waals surface area (Å²) >= 11 is 0. The number of nitrogens with one attached hydrogen (secondary N) is 1. The highest BCUT2D eigenvalue weighted by Crippen LogP contribution is 2.32. The van der Waals surface area contributed by atoms with Crippen molar-refractivity contribution in [2.45, 2.75) is 19.0 Å². The van der Waals surface area contributed by atoms with Crippen LogP contribution in [0, 0.1) is 0 Å². The average molecular weight is 305 g/mol. The van der Waals surface area contributed by atoms with Crippen molar-refractivity contribution in [3.8, 4) is 0 Å². The number of alkyl halides is 3. The quantitative estimate of drug-likeness (QED) is 0.626. The van der Waals surface area contributed by atoms with Crippen molar-refractivity contribution < 1.29 is 22.8 Å². The fraction of sp³-hybridized carbons (Fsp3) is 0.462. The number of nitrogens with zero attached hydrogens (tertiary/aromatic N) is 1. The smallest absolute Gasteiger partial charge is 0.397 e. The molecule has 21 heavy (non-hydrogen) atoms. The second-order valence-electron chi connectivity index (χ2n) is 4.49. The second kappa shape index (κ2) is 7.28. The summed E-state index contributed by atoms with van der Waals surface area (Å²) in [4.78, 5) is 16.6. The first-order chi connectivity index (χ1) is 9.74. The van der Waals surface area contributed by atoms with E-state index in [2.05, 4.69) is 5.32 Å². The van der Waals surface area contributed by atoms with Crippen LogP contribution in [0.15, 0.2) is 18.2 Å². The number of amides is 1. The molecule has 0 aromatic heterocycles. The van der Waals surface area contributed by atoms with Gasteiger partial charge in [0.15, 0.2) is 0 Å². The van der Waals surface area contributed by atoms with E-state index in [-0.39, 0.29) is 23.7 Å². The summed E-state index contributed by atoms with van der Waals surface area (Å²) in [6.45, 7) is 0.562. The number of rotatable bonds is 6.